The van der Waals surface area contributed by atoms with Crippen molar-refractivity contribution in [3.8, 4) is 0 Å². The van der Waals surface area contributed by atoms with Gasteiger partial charge in [0.05, 0.1) is 0 Å². The van der Waals surface area contributed by atoms with Crippen LogP contribution in [0.5, 0.6) is 0 Å². The fraction of sp³-hybridized carbons (Fsp3) is 0.938. The lowest BCUT2D eigenvalue weighted by atomic mass is 9.90. The van der Waals surface area contributed by atoms with Crippen LogP contribution >= 0.6 is 0 Å². The normalized spacial score (nSPS) is 18.5. The Morgan fingerprint density at radius 3 is 2.45 bits per heavy atom. The van der Waals surface area contributed by atoms with Gasteiger partial charge in [-0.1, -0.05) is 13.8 Å². The van der Waals surface area contributed by atoms with E-state index in [2.05, 4.69) is 24.1 Å². The molecule has 0 bridgehead atoms. The van der Waals surface area contributed by atoms with Crippen molar-refractivity contribution in [3.05, 3.63) is 0 Å². The highest BCUT2D eigenvalue weighted by Crippen LogP contribution is 2.30. The molecular weight excluding hydrogens is 252 g/mol. The summed E-state index contributed by atoms with van der Waals surface area (Å²) < 4.78 is 0. The van der Waals surface area contributed by atoms with E-state index in [0.29, 0.717) is 25.4 Å². The largest absolute Gasteiger partial charge is 0.480 e. The monoisotopic (exact) mass is 284 g/mol. The third-order valence-corrected chi connectivity index (χ3v) is 4.50. The first-order chi connectivity index (χ1) is 9.45. The molecule has 0 aromatic heterocycles. The smallest absolute Gasteiger partial charge is 0.323 e. The number of aliphatic carboxylic acids is 1. The standard InChI is InChI=1S/C16H32N2O2/c1-5-16(15(19)20,17-6-2)10-7-11-18(13(3)4)12-14-8-9-14/h13-14,17H,5-12H2,1-4H3,(H,19,20). The van der Waals surface area contributed by atoms with Gasteiger partial charge in [-0.15, -0.1) is 0 Å². The summed E-state index contributed by atoms with van der Waals surface area (Å²) in [6.07, 6.45) is 5.03. The molecule has 1 unspecified atom stereocenters. The number of hydrogen-bond acceptors (Lipinski definition) is 3. The predicted molar refractivity (Wildman–Crippen MR) is 83.0 cm³/mol. The summed E-state index contributed by atoms with van der Waals surface area (Å²) in [5.74, 6) is 0.182. The molecule has 0 saturated heterocycles. The maximum Gasteiger partial charge on any atom is 0.323 e. The number of rotatable bonds is 11. The summed E-state index contributed by atoms with van der Waals surface area (Å²) in [5, 5.41) is 12.7. The minimum Gasteiger partial charge on any atom is -0.480 e. The molecule has 0 aliphatic heterocycles. The third-order valence-electron chi connectivity index (χ3n) is 4.50. The zero-order valence-electron chi connectivity index (χ0n) is 13.6. The van der Waals surface area contributed by atoms with E-state index in [1.165, 1.54) is 19.4 Å². The molecule has 1 atom stereocenters. The Morgan fingerprint density at radius 1 is 1.40 bits per heavy atom. The Kier molecular flexibility index (Phi) is 6.96. The van der Waals surface area contributed by atoms with Crippen molar-refractivity contribution in [2.75, 3.05) is 19.6 Å². The van der Waals surface area contributed by atoms with Crippen LogP contribution in [0.15, 0.2) is 0 Å². The summed E-state index contributed by atoms with van der Waals surface area (Å²) in [6, 6.07) is 0.551. The summed E-state index contributed by atoms with van der Waals surface area (Å²) >= 11 is 0. The highest BCUT2D eigenvalue weighted by Gasteiger charge is 2.35. The second-order valence-corrected chi connectivity index (χ2v) is 6.41. The summed E-state index contributed by atoms with van der Waals surface area (Å²) in [5.41, 5.74) is -0.739. The number of carboxylic acids is 1. The van der Waals surface area contributed by atoms with Crippen LogP contribution in [0.2, 0.25) is 0 Å². The summed E-state index contributed by atoms with van der Waals surface area (Å²) in [6.45, 7) is 11.3. The fourth-order valence-electron chi connectivity index (χ4n) is 2.84. The Balaban J connectivity index is 2.46. The second-order valence-electron chi connectivity index (χ2n) is 6.41. The molecule has 1 aliphatic rings. The maximum absolute atomic E-state index is 11.6. The predicted octanol–water partition coefficient (Wildman–Crippen LogP) is 2.73. The fourth-order valence-corrected chi connectivity index (χ4v) is 2.84. The van der Waals surface area contributed by atoms with E-state index < -0.39 is 11.5 Å². The zero-order valence-corrected chi connectivity index (χ0v) is 13.6. The van der Waals surface area contributed by atoms with Crippen molar-refractivity contribution in [3.63, 3.8) is 0 Å². The highest BCUT2D eigenvalue weighted by molar-refractivity contribution is 5.78. The SMILES string of the molecule is CCNC(CC)(CCCN(CC1CC1)C(C)C)C(=O)O. The van der Waals surface area contributed by atoms with E-state index in [1.54, 1.807) is 0 Å². The van der Waals surface area contributed by atoms with Crippen molar-refractivity contribution in [1.29, 1.82) is 0 Å². The molecule has 1 aliphatic carbocycles. The molecule has 0 amide bonds. The number of carbonyl (C=O) groups is 1. The third kappa shape index (κ3) is 5.06. The molecule has 2 N–H and O–H groups in total. The molecule has 1 rings (SSSR count). The van der Waals surface area contributed by atoms with Crippen LogP contribution in [0.4, 0.5) is 0 Å². The molecular formula is C16H32N2O2. The van der Waals surface area contributed by atoms with Crippen LogP contribution in [0, 0.1) is 5.92 Å². The highest BCUT2D eigenvalue weighted by atomic mass is 16.4. The van der Waals surface area contributed by atoms with Crippen LogP contribution < -0.4 is 5.32 Å². The summed E-state index contributed by atoms with van der Waals surface area (Å²) in [7, 11) is 0. The van der Waals surface area contributed by atoms with Gasteiger partial charge in [-0.25, -0.2) is 0 Å². The molecule has 0 spiro atoms. The van der Waals surface area contributed by atoms with Gasteiger partial charge in [0.15, 0.2) is 0 Å². The van der Waals surface area contributed by atoms with E-state index in [-0.39, 0.29) is 0 Å². The van der Waals surface area contributed by atoms with E-state index in [4.69, 9.17) is 0 Å². The van der Waals surface area contributed by atoms with Gasteiger partial charge in [0.1, 0.15) is 5.54 Å². The van der Waals surface area contributed by atoms with E-state index in [9.17, 15) is 9.90 Å². The molecule has 118 valence electrons. The average Bonchev–Trinajstić information content (AvgIpc) is 3.19. The minimum absolute atomic E-state index is 0.551. The van der Waals surface area contributed by atoms with Gasteiger partial charge in [-0.3, -0.25) is 4.79 Å². The van der Waals surface area contributed by atoms with Gasteiger partial charge >= 0.3 is 5.97 Å². The molecule has 0 aromatic rings. The van der Waals surface area contributed by atoms with Crippen LogP contribution in [-0.2, 0) is 4.79 Å². The topological polar surface area (TPSA) is 52.6 Å². The maximum atomic E-state index is 11.6. The van der Waals surface area contributed by atoms with Gasteiger partial charge in [0.2, 0.25) is 0 Å². The Hall–Kier alpha value is -0.610. The van der Waals surface area contributed by atoms with E-state index in [1.807, 2.05) is 13.8 Å². The van der Waals surface area contributed by atoms with E-state index in [0.717, 1.165) is 18.9 Å². The number of nitrogens with zero attached hydrogens (tertiary/aromatic N) is 1. The molecule has 1 saturated carbocycles. The first-order valence-electron chi connectivity index (χ1n) is 8.17. The van der Waals surface area contributed by atoms with E-state index >= 15 is 0 Å². The average molecular weight is 284 g/mol. The van der Waals surface area contributed by atoms with Crippen LogP contribution in [0.1, 0.15) is 59.8 Å². The van der Waals surface area contributed by atoms with Crippen LogP contribution in [0.25, 0.3) is 0 Å². The first-order valence-corrected chi connectivity index (χ1v) is 8.17. The lowest BCUT2D eigenvalue weighted by Gasteiger charge is -2.31. The van der Waals surface area contributed by atoms with Gasteiger partial charge < -0.3 is 15.3 Å². The zero-order chi connectivity index (χ0) is 15.2. The van der Waals surface area contributed by atoms with Gasteiger partial charge in [-0.05, 0) is 65.0 Å². The van der Waals surface area contributed by atoms with Gasteiger partial charge in [0.25, 0.3) is 0 Å². The number of carboxylic acid groups (broad SMARTS) is 1. The number of likely N-dealkylation sites (N-methyl/N-ethyl adjacent to an activating group) is 1. The lowest BCUT2D eigenvalue weighted by Crippen LogP contribution is -2.52. The molecule has 20 heavy (non-hydrogen) atoms. The molecule has 4 nitrogen and oxygen atoms in total. The Bertz CT molecular complexity index is 303. The molecule has 0 heterocycles. The lowest BCUT2D eigenvalue weighted by molar-refractivity contribution is -0.145. The number of nitrogens with one attached hydrogen (secondary N) is 1. The quantitative estimate of drug-likeness (QED) is 0.612. The van der Waals surface area contributed by atoms with Crippen LogP contribution in [0.3, 0.4) is 0 Å². The number of hydrogen-bond donors (Lipinski definition) is 2. The van der Waals surface area contributed by atoms with Gasteiger partial charge in [-0.2, -0.15) is 0 Å². The summed E-state index contributed by atoms with van der Waals surface area (Å²) in [4.78, 5) is 14.1. The first kappa shape index (κ1) is 17.4. The molecule has 1 fully saturated rings. The van der Waals surface area contributed by atoms with Crippen molar-refractivity contribution in [2.24, 2.45) is 5.92 Å². The Labute approximate surface area is 123 Å². The Morgan fingerprint density at radius 2 is 2.05 bits per heavy atom. The van der Waals surface area contributed by atoms with Crippen LogP contribution in [-0.4, -0.2) is 47.2 Å². The van der Waals surface area contributed by atoms with Crippen molar-refractivity contribution >= 4 is 5.97 Å². The molecule has 4 heteroatoms. The van der Waals surface area contributed by atoms with Crippen molar-refractivity contribution in [1.82, 2.24) is 10.2 Å². The molecule has 0 aromatic carbocycles. The van der Waals surface area contributed by atoms with Crippen molar-refractivity contribution < 1.29 is 9.90 Å². The van der Waals surface area contributed by atoms with Crippen molar-refractivity contribution in [2.45, 2.75) is 71.4 Å². The second kappa shape index (κ2) is 7.99. The molecule has 0 radical (unpaired) electrons. The minimum atomic E-state index is -0.739. The van der Waals surface area contributed by atoms with Gasteiger partial charge in [0, 0.05) is 12.6 Å².